The molecule has 4 nitrogen and oxygen atoms in total. The van der Waals surface area contributed by atoms with Crippen molar-refractivity contribution in [3.8, 4) is 0 Å². The highest BCUT2D eigenvalue weighted by Crippen LogP contribution is 2.56. The minimum atomic E-state index is -3.49. The Bertz CT molecular complexity index is 1150. The van der Waals surface area contributed by atoms with Crippen molar-refractivity contribution in [3.05, 3.63) is 76.3 Å². The van der Waals surface area contributed by atoms with Gasteiger partial charge >= 0.3 is 0 Å². The van der Waals surface area contributed by atoms with Crippen LogP contribution in [0, 0.1) is 23.2 Å². The molecule has 0 aromatic heterocycles. The topological polar surface area (TPSA) is 52.6 Å². The van der Waals surface area contributed by atoms with Crippen molar-refractivity contribution >= 4 is 10.1 Å². The van der Waals surface area contributed by atoms with Gasteiger partial charge in [-0.2, -0.15) is 8.42 Å². The average molecular weight is 497 g/mol. The first kappa shape index (κ1) is 26.0. The lowest BCUT2D eigenvalue weighted by Crippen LogP contribution is -2.49. The number of benzene rings is 1. The van der Waals surface area contributed by atoms with Crippen LogP contribution in [-0.4, -0.2) is 20.8 Å². The van der Waals surface area contributed by atoms with Gasteiger partial charge in [-0.15, -0.1) is 5.73 Å². The average Bonchev–Trinajstić information content (AvgIpc) is 3.02. The highest BCUT2D eigenvalue weighted by Gasteiger charge is 2.50. The normalized spacial score (nSPS) is 29.5. The molecule has 3 aliphatic rings. The van der Waals surface area contributed by atoms with Gasteiger partial charge < -0.3 is 4.74 Å². The fraction of sp³-hybridized carbons (Fsp3) is 0.567. The molecule has 4 rings (SSSR count). The first-order valence-corrected chi connectivity index (χ1v) is 14.9. The van der Waals surface area contributed by atoms with E-state index in [1.54, 1.807) is 0 Å². The third-order valence-corrected chi connectivity index (χ3v) is 9.29. The maximum absolute atomic E-state index is 12.0. The number of allylic oxidation sites excluding steroid dienone is 4. The monoisotopic (exact) mass is 496 g/mol. The molecular weight excluding hydrogens is 456 g/mol. The lowest BCUT2D eigenvalue weighted by molar-refractivity contribution is -0.0535. The van der Waals surface area contributed by atoms with Gasteiger partial charge in [-0.3, -0.25) is 4.18 Å². The smallest absolute Gasteiger partial charge is 0.264 e. The van der Waals surface area contributed by atoms with Gasteiger partial charge in [0.1, 0.15) is 12.4 Å². The molecular formula is C30H40O4S. The summed E-state index contributed by atoms with van der Waals surface area (Å²) in [6.45, 7) is 9.30. The molecule has 0 aliphatic heterocycles. The van der Waals surface area contributed by atoms with Crippen LogP contribution in [0.1, 0.15) is 71.8 Å². The molecule has 1 aromatic carbocycles. The van der Waals surface area contributed by atoms with Crippen molar-refractivity contribution in [2.75, 3.05) is 6.26 Å². The number of hydrogen-bond donors (Lipinski definition) is 0. The van der Waals surface area contributed by atoms with E-state index in [2.05, 4.69) is 50.8 Å². The molecule has 1 fully saturated rings. The second-order valence-corrected chi connectivity index (χ2v) is 12.3. The number of fused-ring (bicyclic) bond motifs is 2. The van der Waals surface area contributed by atoms with E-state index in [0.29, 0.717) is 30.8 Å². The van der Waals surface area contributed by atoms with Crippen LogP contribution < -0.4 is 0 Å². The fourth-order valence-corrected chi connectivity index (χ4v) is 7.35. The van der Waals surface area contributed by atoms with Crippen LogP contribution >= 0.6 is 0 Å². The minimum Gasteiger partial charge on any atom is -0.488 e. The van der Waals surface area contributed by atoms with Gasteiger partial charge in [0, 0.05) is 5.57 Å². The van der Waals surface area contributed by atoms with Crippen molar-refractivity contribution in [2.24, 2.45) is 23.2 Å². The van der Waals surface area contributed by atoms with Crippen LogP contribution in [0.5, 0.6) is 0 Å². The summed E-state index contributed by atoms with van der Waals surface area (Å²) in [4.78, 5) is 0. The van der Waals surface area contributed by atoms with Crippen LogP contribution in [0.15, 0.2) is 70.7 Å². The van der Waals surface area contributed by atoms with Crippen LogP contribution in [-0.2, 0) is 25.6 Å². The molecule has 0 amide bonds. The molecule has 3 aliphatic carbocycles. The van der Waals surface area contributed by atoms with E-state index in [4.69, 9.17) is 8.92 Å². The van der Waals surface area contributed by atoms with Crippen LogP contribution in [0.3, 0.4) is 0 Å². The molecule has 0 bridgehead atoms. The number of rotatable bonds is 8. The Hall–Kier alpha value is -2.07. The summed E-state index contributed by atoms with van der Waals surface area (Å²) in [5.41, 5.74) is 8.49. The Morgan fingerprint density at radius 2 is 1.91 bits per heavy atom. The zero-order chi connectivity index (χ0) is 25.2. The van der Waals surface area contributed by atoms with E-state index in [1.165, 1.54) is 17.4 Å². The molecule has 0 radical (unpaired) electrons. The summed E-state index contributed by atoms with van der Waals surface area (Å²) in [6, 6.07) is 10.3. The van der Waals surface area contributed by atoms with Gasteiger partial charge in [0.2, 0.25) is 0 Å². The Kier molecular flexibility index (Phi) is 7.80. The quantitative estimate of drug-likeness (QED) is 0.284. The third kappa shape index (κ3) is 5.53. The standard InChI is InChI=1S/C30H40O4S/c1-6-23-13-16-26-24(19-28(23)33-20-22-11-9-8-10-12-22)14-15-25-21(3)30(4,18-17-27(25)26)29(7-2)34-35(5,31)32/h8-12,16,19,21,25,27,29H,6-7,14-15,17-18,20H2,1-5H3. The zero-order valence-electron chi connectivity index (χ0n) is 21.8. The van der Waals surface area contributed by atoms with Crippen LogP contribution in [0.4, 0.5) is 0 Å². The number of hydrogen-bond acceptors (Lipinski definition) is 4. The molecule has 1 aromatic rings. The first-order chi connectivity index (χ1) is 16.7. The molecule has 5 heteroatoms. The van der Waals surface area contributed by atoms with Gasteiger partial charge in [-0.25, -0.2) is 0 Å². The SMILES string of the molecule is CCC1=C=CC2=C(C=C1OCc1ccccc1)CCC1C2CCC(C)(C(CC)OS(C)(=O)=O)C1C. The van der Waals surface area contributed by atoms with E-state index in [1.807, 2.05) is 25.1 Å². The summed E-state index contributed by atoms with van der Waals surface area (Å²) in [7, 11) is -3.49. The van der Waals surface area contributed by atoms with E-state index >= 15 is 0 Å². The van der Waals surface area contributed by atoms with Crippen molar-refractivity contribution < 1.29 is 17.3 Å². The summed E-state index contributed by atoms with van der Waals surface area (Å²) in [5, 5.41) is 0. The van der Waals surface area contributed by atoms with Gasteiger partial charge in [0.25, 0.3) is 10.1 Å². The summed E-state index contributed by atoms with van der Waals surface area (Å²) < 4.78 is 35.9. The van der Waals surface area contributed by atoms with Gasteiger partial charge in [0.15, 0.2) is 0 Å². The van der Waals surface area contributed by atoms with Gasteiger partial charge in [-0.05, 0) is 90.6 Å². The van der Waals surface area contributed by atoms with Crippen molar-refractivity contribution in [2.45, 2.75) is 78.9 Å². The maximum Gasteiger partial charge on any atom is 0.264 e. The Labute approximate surface area is 211 Å². The number of ether oxygens (including phenoxy) is 1. The van der Waals surface area contributed by atoms with Gasteiger partial charge in [0.05, 0.1) is 12.4 Å². The minimum absolute atomic E-state index is 0.157. The predicted octanol–water partition coefficient (Wildman–Crippen LogP) is 7.11. The summed E-state index contributed by atoms with van der Waals surface area (Å²) >= 11 is 0. The first-order valence-electron chi connectivity index (χ1n) is 13.1. The lowest BCUT2D eigenvalue weighted by Gasteiger charge is -2.53. The maximum atomic E-state index is 12.0. The van der Waals surface area contributed by atoms with Crippen LogP contribution in [0.25, 0.3) is 0 Å². The largest absolute Gasteiger partial charge is 0.488 e. The molecule has 0 saturated heterocycles. The Balaban J connectivity index is 1.59. The van der Waals surface area contributed by atoms with E-state index in [9.17, 15) is 8.42 Å². The molecule has 0 spiro atoms. The third-order valence-electron chi connectivity index (χ3n) is 8.70. The summed E-state index contributed by atoms with van der Waals surface area (Å²) in [5.74, 6) is 2.28. The second-order valence-electron chi connectivity index (χ2n) is 10.7. The van der Waals surface area contributed by atoms with E-state index in [-0.39, 0.29) is 11.5 Å². The zero-order valence-corrected chi connectivity index (χ0v) is 22.7. The second kappa shape index (κ2) is 10.5. The molecule has 5 unspecified atom stereocenters. The van der Waals surface area contributed by atoms with Crippen molar-refractivity contribution in [1.82, 2.24) is 0 Å². The van der Waals surface area contributed by atoms with Crippen molar-refractivity contribution in [1.29, 1.82) is 0 Å². The highest BCUT2D eigenvalue weighted by atomic mass is 32.2. The van der Waals surface area contributed by atoms with E-state index in [0.717, 1.165) is 49.0 Å². The molecule has 190 valence electrons. The highest BCUT2D eigenvalue weighted by molar-refractivity contribution is 7.86. The fourth-order valence-electron chi connectivity index (χ4n) is 6.57. The lowest BCUT2D eigenvalue weighted by atomic mass is 9.53. The Morgan fingerprint density at radius 1 is 1.17 bits per heavy atom. The molecule has 5 atom stereocenters. The molecule has 1 saturated carbocycles. The Morgan fingerprint density at radius 3 is 2.57 bits per heavy atom. The van der Waals surface area contributed by atoms with Crippen molar-refractivity contribution in [3.63, 3.8) is 0 Å². The molecule has 0 N–H and O–H groups in total. The van der Waals surface area contributed by atoms with Gasteiger partial charge in [-0.1, -0.05) is 58.0 Å². The molecule has 35 heavy (non-hydrogen) atoms. The van der Waals surface area contributed by atoms with Crippen LogP contribution in [0.2, 0.25) is 0 Å². The summed E-state index contributed by atoms with van der Waals surface area (Å²) in [6.07, 6.45) is 11.1. The molecule has 0 heterocycles. The predicted molar refractivity (Wildman–Crippen MR) is 141 cm³/mol. The van der Waals surface area contributed by atoms with E-state index < -0.39 is 10.1 Å².